The highest BCUT2D eigenvalue weighted by Crippen LogP contribution is 2.22. The van der Waals surface area contributed by atoms with Crippen molar-refractivity contribution < 1.29 is 13.2 Å². The molecule has 1 amide bonds. The second-order valence-corrected chi connectivity index (χ2v) is 10.6. The highest BCUT2D eigenvalue weighted by Gasteiger charge is 2.26. The lowest BCUT2D eigenvalue weighted by Gasteiger charge is -2.26. The molecule has 2 atom stereocenters. The third-order valence-corrected chi connectivity index (χ3v) is 8.08. The summed E-state index contributed by atoms with van der Waals surface area (Å²) in [5.41, 5.74) is 2.65. The van der Waals surface area contributed by atoms with E-state index >= 15 is 0 Å². The molecule has 9 heteroatoms. The summed E-state index contributed by atoms with van der Waals surface area (Å²) in [5, 5.41) is 6.18. The number of nitrogens with one attached hydrogen (secondary N) is 2. The molecule has 0 aliphatic carbocycles. The number of hydrogen-bond acceptors (Lipinski definition) is 5. The topological polar surface area (TPSA) is 96.3 Å². The average molecular weight is 482 g/mol. The van der Waals surface area contributed by atoms with Gasteiger partial charge in [0.15, 0.2) is 0 Å². The molecule has 1 aliphatic rings. The Labute approximate surface area is 201 Å². The lowest BCUT2D eigenvalue weighted by molar-refractivity contribution is -0.117. The fourth-order valence-electron chi connectivity index (χ4n) is 4.11. The number of nitrogens with zero attached hydrogens (tertiary/aromatic N) is 3. The number of piperidine rings is 1. The summed E-state index contributed by atoms with van der Waals surface area (Å²) in [6.45, 7) is 4.94. The van der Waals surface area contributed by atoms with Gasteiger partial charge in [-0.1, -0.05) is 18.6 Å². The van der Waals surface area contributed by atoms with Crippen molar-refractivity contribution in [2.24, 2.45) is 0 Å². The molecular weight excluding hydrogens is 450 g/mol. The highest BCUT2D eigenvalue weighted by molar-refractivity contribution is 7.89. The van der Waals surface area contributed by atoms with Gasteiger partial charge < -0.3 is 9.88 Å². The standard InChI is InChI=1S/C25H31N5O3S/c1-19(21-6-10-23(11-7-21)29-17-14-26-18-29)27-20(2)25(31)28-22-8-12-24(13-9-22)34(32,33)30-15-4-3-5-16-30/h6-14,17-20,27H,3-5,15-16H2,1-2H3,(H,28,31)/t19-,20-/m0/s1. The smallest absolute Gasteiger partial charge is 0.243 e. The molecule has 0 spiro atoms. The Morgan fingerprint density at radius 3 is 2.26 bits per heavy atom. The molecular formula is C25H31N5O3S. The van der Waals surface area contributed by atoms with E-state index in [0.29, 0.717) is 18.8 Å². The van der Waals surface area contributed by atoms with Crippen LogP contribution in [0.1, 0.15) is 44.7 Å². The number of amides is 1. The number of rotatable bonds is 8. The van der Waals surface area contributed by atoms with Gasteiger partial charge in [-0.05, 0) is 68.7 Å². The van der Waals surface area contributed by atoms with E-state index in [9.17, 15) is 13.2 Å². The van der Waals surface area contributed by atoms with E-state index in [0.717, 1.165) is 30.5 Å². The second-order valence-electron chi connectivity index (χ2n) is 8.65. The van der Waals surface area contributed by atoms with Crippen LogP contribution in [0.25, 0.3) is 5.69 Å². The number of benzene rings is 2. The van der Waals surface area contributed by atoms with Gasteiger partial charge in [0.25, 0.3) is 0 Å². The minimum Gasteiger partial charge on any atom is -0.325 e. The molecule has 0 unspecified atom stereocenters. The molecule has 0 radical (unpaired) electrons. The molecule has 2 heterocycles. The van der Waals surface area contributed by atoms with E-state index in [1.54, 1.807) is 48.0 Å². The monoisotopic (exact) mass is 481 g/mol. The minimum absolute atomic E-state index is 0.0327. The van der Waals surface area contributed by atoms with Crippen molar-refractivity contribution in [2.75, 3.05) is 18.4 Å². The molecule has 1 saturated heterocycles. The number of carbonyl (C=O) groups is 1. The summed E-state index contributed by atoms with van der Waals surface area (Å²) in [5.74, 6) is -0.187. The molecule has 8 nitrogen and oxygen atoms in total. The van der Waals surface area contributed by atoms with Gasteiger partial charge in [-0.2, -0.15) is 4.31 Å². The summed E-state index contributed by atoms with van der Waals surface area (Å²) < 4.78 is 29.1. The normalized spacial score (nSPS) is 16.6. The Hall–Kier alpha value is -3.01. The van der Waals surface area contributed by atoms with Gasteiger partial charge in [0, 0.05) is 42.9 Å². The molecule has 0 bridgehead atoms. The van der Waals surface area contributed by atoms with E-state index in [1.807, 2.05) is 42.0 Å². The largest absolute Gasteiger partial charge is 0.325 e. The van der Waals surface area contributed by atoms with Gasteiger partial charge in [-0.3, -0.25) is 10.1 Å². The molecule has 180 valence electrons. The van der Waals surface area contributed by atoms with Crippen LogP contribution in [0.15, 0.2) is 72.1 Å². The zero-order valence-electron chi connectivity index (χ0n) is 19.5. The summed E-state index contributed by atoms with van der Waals surface area (Å²) >= 11 is 0. The maximum Gasteiger partial charge on any atom is 0.243 e. The van der Waals surface area contributed by atoms with Crippen LogP contribution in [0, 0.1) is 0 Å². The van der Waals surface area contributed by atoms with Crippen LogP contribution in [-0.4, -0.2) is 47.3 Å². The molecule has 2 aromatic carbocycles. The summed E-state index contributed by atoms with van der Waals surface area (Å²) in [6.07, 6.45) is 8.23. The Kier molecular flexibility index (Phi) is 7.45. The van der Waals surface area contributed by atoms with E-state index < -0.39 is 16.1 Å². The molecule has 1 aliphatic heterocycles. The van der Waals surface area contributed by atoms with Crippen molar-refractivity contribution in [3.63, 3.8) is 0 Å². The van der Waals surface area contributed by atoms with E-state index in [-0.39, 0.29) is 16.8 Å². The molecule has 1 aromatic heterocycles. The van der Waals surface area contributed by atoms with Crippen LogP contribution >= 0.6 is 0 Å². The number of sulfonamides is 1. The summed E-state index contributed by atoms with van der Waals surface area (Å²) in [6, 6.07) is 14.0. The molecule has 0 saturated carbocycles. The lowest BCUT2D eigenvalue weighted by atomic mass is 10.1. The molecule has 3 aromatic rings. The van der Waals surface area contributed by atoms with Crippen LogP contribution in [0.2, 0.25) is 0 Å². The van der Waals surface area contributed by atoms with Crippen molar-refractivity contribution >= 4 is 21.6 Å². The SMILES string of the molecule is C[C@H](N[C@@H](C)c1ccc(-n2ccnc2)cc1)C(=O)Nc1ccc(S(=O)(=O)N2CCCCC2)cc1. The first-order chi connectivity index (χ1) is 16.3. The molecule has 1 fully saturated rings. The number of hydrogen-bond donors (Lipinski definition) is 2. The predicted molar refractivity (Wildman–Crippen MR) is 132 cm³/mol. The Balaban J connectivity index is 1.33. The van der Waals surface area contributed by atoms with Crippen molar-refractivity contribution in [2.45, 2.75) is 50.1 Å². The van der Waals surface area contributed by atoms with Gasteiger partial charge in [0.1, 0.15) is 0 Å². The van der Waals surface area contributed by atoms with E-state index in [2.05, 4.69) is 15.6 Å². The van der Waals surface area contributed by atoms with E-state index in [1.165, 1.54) is 0 Å². The van der Waals surface area contributed by atoms with Gasteiger partial charge in [-0.25, -0.2) is 13.4 Å². The average Bonchev–Trinajstić information content (AvgIpc) is 3.40. The number of aromatic nitrogens is 2. The van der Waals surface area contributed by atoms with Crippen LogP contribution in [0.5, 0.6) is 0 Å². The zero-order valence-corrected chi connectivity index (χ0v) is 20.3. The number of imidazole rings is 1. The van der Waals surface area contributed by atoms with Crippen molar-refractivity contribution in [1.82, 2.24) is 19.2 Å². The minimum atomic E-state index is -3.48. The lowest BCUT2D eigenvalue weighted by Crippen LogP contribution is -2.39. The first-order valence-corrected chi connectivity index (χ1v) is 13.0. The third-order valence-electron chi connectivity index (χ3n) is 6.16. The molecule has 4 rings (SSSR count). The molecule has 2 N–H and O–H groups in total. The fraction of sp³-hybridized carbons (Fsp3) is 0.360. The van der Waals surface area contributed by atoms with E-state index in [4.69, 9.17) is 0 Å². The van der Waals surface area contributed by atoms with Crippen LogP contribution < -0.4 is 10.6 Å². The maximum absolute atomic E-state index is 12.8. The Bertz CT molecular complexity index is 1190. The van der Waals surface area contributed by atoms with Crippen LogP contribution in [0.3, 0.4) is 0 Å². The number of anilines is 1. The summed E-state index contributed by atoms with van der Waals surface area (Å²) in [7, 11) is -3.48. The maximum atomic E-state index is 12.8. The zero-order chi connectivity index (χ0) is 24.1. The number of carbonyl (C=O) groups excluding carboxylic acids is 1. The Morgan fingerprint density at radius 1 is 0.971 bits per heavy atom. The first kappa shape index (κ1) is 24.1. The third kappa shape index (κ3) is 5.55. The van der Waals surface area contributed by atoms with Crippen molar-refractivity contribution in [3.05, 3.63) is 72.8 Å². The van der Waals surface area contributed by atoms with Gasteiger partial charge in [0.05, 0.1) is 17.3 Å². The van der Waals surface area contributed by atoms with Gasteiger partial charge >= 0.3 is 0 Å². The highest BCUT2D eigenvalue weighted by atomic mass is 32.2. The van der Waals surface area contributed by atoms with Gasteiger partial charge in [0.2, 0.25) is 15.9 Å². The molecule has 34 heavy (non-hydrogen) atoms. The predicted octanol–water partition coefficient (Wildman–Crippen LogP) is 3.72. The Morgan fingerprint density at radius 2 is 1.65 bits per heavy atom. The van der Waals surface area contributed by atoms with Crippen molar-refractivity contribution in [1.29, 1.82) is 0 Å². The van der Waals surface area contributed by atoms with Crippen LogP contribution in [0.4, 0.5) is 5.69 Å². The fourth-order valence-corrected chi connectivity index (χ4v) is 5.63. The second kappa shape index (κ2) is 10.5. The first-order valence-electron chi connectivity index (χ1n) is 11.6. The van der Waals surface area contributed by atoms with Crippen molar-refractivity contribution in [3.8, 4) is 5.69 Å². The van der Waals surface area contributed by atoms with Crippen LogP contribution in [-0.2, 0) is 14.8 Å². The quantitative estimate of drug-likeness (QED) is 0.511. The van der Waals surface area contributed by atoms with Gasteiger partial charge in [-0.15, -0.1) is 0 Å². The summed E-state index contributed by atoms with van der Waals surface area (Å²) in [4.78, 5) is 17.0.